The third-order valence-corrected chi connectivity index (χ3v) is 5.15. The number of para-hydroxylation sites is 1. The largest absolute Gasteiger partial charge is 0.496 e. The number of methoxy groups -OCH3 is 1. The van der Waals surface area contributed by atoms with Crippen LogP contribution in [0.5, 0.6) is 5.75 Å². The van der Waals surface area contributed by atoms with Crippen molar-refractivity contribution >= 4 is 11.8 Å². The smallest absolute Gasteiger partial charge is 0.228 e. The summed E-state index contributed by atoms with van der Waals surface area (Å²) >= 11 is 0. The molecule has 1 aromatic rings. The van der Waals surface area contributed by atoms with Gasteiger partial charge in [0.05, 0.1) is 13.0 Å². The van der Waals surface area contributed by atoms with E-state index in [1.54, 1.807) is 12.0 Å². The van der Waals surface area contributed by atoms with E-state index in [1.807, 2.05) is 29.2 Å². The molecule has 0 aromatic heterocycles. The van der Waals surface area contributed by atoms with Gasteiger partial charge in [0.2, 0.25) is 11.8 Å². The molecule has 0 bridgehead atoms. The fourth-order valence-electron chi connectivity index (χ4n) is 3.65. The molecule has 25 heavy (non-hydrogen) atoms. The van der Waals surface area contributed by atoms with E-state index in [4.69, 9.17) is 4.74 Å². The normalized spacial score (nSPS) is 22.2. The van der Waals surface area contributed by atoms with Crippen molar-refractivity contribution in [2.24, 2.45) is 5.92 Å². The molecule has 2 saturated heterocycles. The topological polar surface area (TPSA) is 53.1 Å². The number of rotatable bonds is 4. The van der Waals surface area contributed by atoms with Crippen molar-refractivity contribution < 1.29 is 14.3 Å². The van der Waals surface area contributed by atoms with Gasteiger partial charge in [-0.15, -0.1) is 0 Å². The summed E-state index contributed by atoms with van der Waals surface area (Å²) in [6.07, 6.45) is 1.31. The standard InChI is InChI=1S/C19H27N3O3/c1-20-8-5-9-21(11-10-20)19(24)16-12-18(23)22(14-16)13-15-6-3-4-7-17(15)25-2/h3-4,6-7,16H,5,8-14H2,1-2H3. The van der Waals surface area contributed by atoms with Crippen molar-refractivity contribution in [2.75, 3.05) is 46.9 Å². The Morgan fingerprint density at radius 2 is 2.00 bits per heavy atom. The highest BCUT2D eigenvalue weighted by Crippen LogP contribution is 2.26. The summed E-state index contributed by atoms with van der Waals surface area (Å²) < 4.78 is 5.37. The molecule has 0 saturated carbocycles. The van der Waals surface area contributed by atoms with Crippen molar-refractivity contribution in [3.05, 3.63) is 29.8 Å². The zero-order chi connectivity index (χ0) is 17.8. The maximum atomic E-state index is 12.8. The lowest BCUT2D eigenvalue weighted by Crippen LogP contribution is -2.39. The molecule has 2 heterocycles. The number of carbonyl (C=O) groups excluding carboxylic acids is 2. The van der Waals surface area contributed by atoms with Crippen LogP contribution >= 0.6 is 0 Å². The average molecular weight is 345 g/mol. The summed E-state index contributed by atoms with van der Waals surface area (Å²) in [5, 5.41) is 0. The van der Waals surface area contributed by atoms with Gasteiger partial charge < -0.3 is 19.4 Å². The van der Waals surface area contributed by atoms with Crippen LogP contribution in [0, 0.1) is 5.92 Å². The number of likely N-dealkylation sites (N-methyl/N-ethyl adjacent to an activating group) is 1. The van der Waals surface area contributed by atoms with Crippen LogP contribution in [0.3, 0.4) is 0 Å². The van der Waals surface area contributed by atoms with Crippen molar-refractivity contribution in [1.82, 2.24) is 14.7 Å². The quantitative estimate of drug-likeness (QED) is 0.823. The van der Waals surface area contributed by atoms with Gasteiger partial charge in [0.15, 0.2) is 0 Å². The number of carbonyl (C=O) groups is 2. The number of likely N-dealkylation sites (tertiary alicyclic amines) is 1. The fourth-order valence-corrected chi connectivity index (χ4v) is 3.65. The van der Waals surface area contributed by atoms with Gasteiger partial charge in [0.25, 0.3) is 0 Å². The number of benzene rings is 1. The molecule has 0 N–H and O–H groups in total. The first kappa shape index (κ1) is 17.7. The maximum Gasteiger partial charge on any atom is 0.228 e. The Balaban J connectivity index is 1.62. The molecule has 0 spiro atoms. The molecular formula is C19H27N3O3. The second-order valence-electron chi connectivity index (χ2n) is 6.97. The van der Waals surface area contributed by atoms with Crippen LogP contribution < -0.4 is 4.74 Å². The van der Waals surface area contributed by atoms with Gasteiger partial charge in [-0.3, -0.25) is 9.59 Å². The zero-order valence-corrected chi connectivity index (χ0v) is 15.1. The Hall–Kier alpha value is -2.08. The van der Waals surface area contributed by atoms with Crippen LogP contribution in [0.25, 0.3) is 0 Å². The zero-order valence-electron chi connectivity index (χ0n) is 15.1. The molecule has 1 aromatic carbocycles. The van der Waals surface area contributed by atoms with Crippen LogP contribution in [0.1, 0.15) is 18.4 Å². The summed E-state index contributed by atoms with van der Waals surface area (Å²) in [6.45, 7) is 4.47. The average Bonchev–Trinajstić information content (AvgIpc) is 2.84. The van der Waals surface area contributed by atoms with Gasteiger partial charge in [-0.2, -0.15) is 0 Å². The van der Waals surface area contributed by atoms with E-state index in [0.717, 1.165) is 43.9 Å². The third kappa shape index (κ3) is 4.12. The van der Waals surface area contributed by atoms with E-state index in [9.17, 15) is 9.59 Å². The summed E-state index contributed by atoms with van der Waals surface area (Å²) in [7, 11) is 3.72. The summed E-state index contributed by atoms with van der Waals surface area (Å²) in [4.78, 5) is 31.2. The highest BCUT2D eigenvalue weighted by atomic mass is 16.5. The van der Waals surface area contributed by atoms with Gasteiger partial charge in [0, 0.05) is 44.7 Å². The Morgan fingerprint density at radius 1 is 1.20 bits per heavy atom. The van der Waals surface area contributed by atoms with E-state index in [1.165, 1.54) is 0 Å². The Morgan fingerprint density at radius 3 is 2.80 bits per heavy atom. The number of amides is 2. The molecule has 0 aliphatic carbocycles. The number of hydrogen-bond donors (Lipinski definition) is 0. The van der Waals surface area contributed by atoms with Crippen LogP contribution in [-0.4, -0.2) is 73.4 Å². The molecular weight excluding hydrogens is 318 g/mol. The van der Waals surface area contributed by atoms with Crippen LogP contribution in [0.4, 0.5) is 0 Å². The van der Waals surface area contributed by atoms with Crippen molar-refractivity contribution in [1.29, 1.82) is 0 Å². The van der Waals surface area contributed by atoms with Gasteiger partial charge in [-0.1, -0.05) is 18.2 Å². The molecule has 6 nitrogen and oxygen atoms in total. The molecule has 0 radical (unpaired) electrons. The van der Waals surface area contributed by atoms with Crippen LogP contribution in [0.15, 0.2) is 24.3 Å². The minimum Gasteiger partial charge on any atom is -0.496 e. The van der Waals surface area contributed by atoms with E-state index < -0.39 is 0 Å². The molecule has 3 rings (SSSR count). The minimum atomic E-state index is -0.217. The third-order valence-electron chi connectivity index (χ3n) is 5.15. The highest BCUT2D eigenvalue weighted by molar-refractivity contribution is 5.89. The lowest BCUT2D eigenvalue weighted by atomic mass is 10.1. The van der Waals surface area contributed by atoms with Crippen LogP contribution in [-0.2, 0) is 16.1 Å². The molecule has 2 aliphatic heterocycles. The van der Waals surface area contributed by atoms with E-state index in [0.29, 0.717) is 19.5 Å². The number of nitrogens with zero attached hydrogens (tertiary/aromatic N) is 3. The molecule has 2 aliphatic rings. The summed E-state index contributed by atoms with van der Waals surface area (Å²) in [5.74, 6) is 0.744. The molecule has 1 unspecified atom stereocenters. The number of ether oxygens (including phenoxy) is 1. The highest BCUT2D eigenvalue weighted by Gasteiger charge is 2.36. The fraction of sp³-hybridized carbons (Fsp3) is 0.579. The molecule has 2 fully saturated rings. The van der Waals surface area contributed by atoms with Gasteiger partial charge in [-0.25, -0.2) is 0 Å². The summed E-state index contributed by atoms with van der Waals surface area (Å²) in [5.41, 5.74) is 0.975. The van der Waals surface area contributed by atoms with Crippen molar-refractivity contribution in [3.63, 3.8) is 0 Å². The van der Waals surface area contributed by atoms with E-state index in [-0.39, 0.29) is 17.7 Å². The molecule has 6 heteroatoms. The Labute approximate surface area is 149 Å². The van der Waals surface area contributed by atoms with Crippen LogP contribution in [0.2, 0.25) is 0 Å². The molecule has 1 atom stereocenters. The first-order chi connectivity index (χ1) is 12.1. The SMILES string of the molecule is COc1ccccc1CN1CC(C(=O)N2CCCN(C)CC2)CC1=O. The predicted molar refractivity (Wildman–Crippen MR) is 95.2 cm³/mol. The number of hydrogen-bond acceptors (Lipinski definition) is 4. The second-order valence-corrected chi connectivity index (χ2v) is 6.97. The first-order valence-corrected chi connectivity index (χ1v) is 8.95. The lowest BCUT2D eigenvalue weighted by Gasteiger charge is -2.24. The molecule has 2 amide bonds. The second kappa shape index (κ2) is 7.87. The Kier molecular flexibility index (Phi) is 5.58. The maximum absolute atomic E-state index is 12.8. The van der Waals surface area contributed by atoms with Gasteiger partial charge in [-0.05, 0) is 26.1 Å². The minimum absolute atomic E-state index is 0.0520. The van der Waals surface area contributed by atoms with Gasteiger partial charge >= 0.3 is 0 Å². The first-order valence-electron chi connectivity index (χ1n) is 8.95. The van der Waals surface area contributed by atoms with Crippen molar-refractivity contribution in [2.45, 2.75) is 19.4 Å². The van der Waals surface area contributed by atoms with E-state index >= 15 is 0 Å². The lowest BCUT2D eigenvalue weighted by molar-refractivity contribution is -0.135. The summed E-state index contributed by atoms with van der Waals surface area (Å²) in [6, 6.07) is 7.71. The van der Waals surface area contributed by atoms with Gasteiger partial charge in [0.1, 0.15) is 5.75 Å². The Bertz CT molecular complexity index is 634. The monoisotopic (exact) mass is 345 g/mol. The van der Waals surface area contributed by atoms with Crippen molar-refractivity contribution in [3.8, 4) is 5.75 Å². The van der Waals surface area contributed by atoms with E-state index in [2.05, 4.69) is 11.9 Å². The predicted octanol–water partition coefficient (Wildman–Crippen LogP) is 1.21. The molecule has 136 valence electrons.